The van der Waals surface area contributed by atoms with Crippen LogP contribution in [-0.2, 0) is 4.74 Å². The van der Waals surface area contributed by atoms with Gasteiger partial charge < -0.3 is 15.0 Å². The number of benzene rings is 1. The van der Waals surface area contributed by atoms with Crippen LogP contribution in [0.25, 0.3) is 0 Å². The molecule has 7 nitrogen and oxygen atoms in total. The van der Waals surface area contributed by atoms with Crippen LogP contribution in [0.4, 0.5) is 16.3 Å². The first-order valence-corrected chi connectivity index (χ1v) is 10.2. The van der Waals surface area contributed by atoms with Gasteiger partial charge in [-0.25, -0.2) is 9.48 Å². The number of halogens is 1. The Morgan fingerprint density at radius 3 is 2.75 bits per heavy atom. The molecule has 28 heavy (non-hydrogen) atoms. The number of hydrogen-bond acceptors (Lipinski definition) is 4. The van der Waals surface area contributed by atoms with Crippen LogP contribution in [0.15, 0.2) is 36.5 Å². The predicted octanol–water partition coefficient (Wildman–Crippen LogP) is 3.85. The van der Waals surface area contributed by atoms with Crippen molar-refractivity contribution in [2.75, 3.05) is 43.5 Å². The van der Waals surface area contributed by atoms with E-state index in [0.717, 1.165) is 45.7 Å². The predicted molar refractivity (Wildman–Crippen MR) is 110 cm³/mol. The normalized spacial score (nSPS) is 21.0. The molecule has 1 atom stereocenters. The van der Waals surface area contributed by atoms with E-state index in [1.165, 1.54) is 6.42 Å². The first-order valence-electron chi connectivity index (χ1n) is 9.85. The Kier molecular flexibility index (Phi) is 6.14. The maximum absolute atomic E-state index is 12.4. The Labute approximate surface area is 170 Å². The second-order valence-electron chi connectivity index (χ2n) is 7.48. The lowest BCUT2D eigenvalue weighted by molar-refractivity contribution is 0.140. The lowest BCUT2D eigenvalue weighted by atomic mass is 10.0. The average Bonchev–Trinajstić information content (AvgIpc) is 3.36. The molecule has 2 saturated heterocycles. The Morgan fingerprint density at radius 1 is 1.18 bits per heavy atom. The van der Waals surface area contributed by atoms with Gasteiger partial charge in [-0.15, -0.1) is 0 Å². The van der Waals surface area contributed by atoms with Crippen LogP contribution < -0.4 is 10.6 Å². The number of carbonyl (C=O) groups excluding carboxylic acids is 1. The van der Waals surface area contributed by atoms with E-state index in [1.54, 1.807) is 18.3 Å². The number of rotatable bonds is 5. The lowest BCUT2D eigenvalue weighted by Gasteiger charge is -2.33. The smallest absolute Gasteiger partial charge is 0.324 e. The molecule has 0 spiro atoms. The Morgan fingerprint density at radius 2 is 2.00 bits per heavy atom. The highest BCUT2D eigenvalue weighted by Crippen LogP contribution is 2.27. The molecule has 2 N–H and O–H groups in total. The van der Waals surface area contributed by atoms with Gasteiger partial charge in [-0.1, -0.05) is 23.7 Å². The molecule has 1 aromatic carbocycles. The van der Waals surface area contributed by atoms with Gasteiger partial charge in [-0.05, 0) is 37.3 Å². The molecule has 2 fully saturated rings. The van der Waals surface area contributed by atoms with Gasteiger partial charge >= 0.3 is 6.03 Å². The molecule has 150 valence electrons. The average molecular weight is 404 g/mol. The minimum Gasteiger partial charge on any atom is -0.381 e. The fraction of sp³-hybridized carbons (Fsp3) is 0.500. The summed E-state index contributed by atoms with van der Waals surface area (Å²) in [5.41, 5.74) is 0.580. The highest BCUT2D eigenvalue weighted by atomic mass is 35.5. The number of hydrogen-bond donors (Lipinski definition) is 2. The molecular weight excluding hydrogens is 378 g/mol. The number of piperidine rings is 1. The number of ether oxygens (including phenoxy) is 1. The molecule has 1 aromatic heterocycles. The third-order valence-corrected chi connectivity index (χ3v) is 5.81. The van der Waals surface area contributed by atoms with E-state index in [-0.39, 0.29) is 6.03 Å². The first kappa shape index (κ1) is 19.2. The van der Waals surface area contributed by atoms with Crippen LogP contribution >= 0.6 is 11.6 Å². The van der Waals surface area contributed by atoms with Gasteiger partial charge in [0.2, 0.25) is 0 Å². The summed E-state index contributed by atoms with van der Waals surface area (Å²) in [6.45, 7) is 5.02. The van der Waals surface area contributed by atoms with Gasteiger partial charge in [0.25, 0.3) is 0 Å². The van der Waals surface area contributed by atoms with Gasteiger partial charge in [0.1, 0.15) is 5.82 Å². The van der Waals surface area contributed by atoms with Crippen molar-refractivity contribution in [2.45, 2.75) is 25.3 Å². The molecule has 0 radical (unpaired) electrons. The van der Waals surface area contributed by atoms with Gasteiger partial charge in [0, 0.05) is 32.3 Å². The van der Waals surface area contributed by atoms with Crippen molar-refractivity contribution in [3.63, 3.8) is 0 Å². The quantitative estimate of drug-likeness (QED) is 0.795. The van der Waals surface area contributed by atoms with Crippen molar-refractivity contribution in [1.82, 2.24) is 14.7 Å². The highest BCUT2D eigenvalue weighted by molar-refractivity contribution is 6.33. The molecule has 2 aromatic rings. The number of anilines is 2. The third kappa shape index (κ3) is 4.66. The first-order chi connectivity index (χ1) is 13.7. The van der Waals surface area contributed by atoms with Crippen LogP contribution in [-0.4, -0.2) is 53.6 Å². The molecule has 2 aliphatic heterocycles. The van der Waals surface area contributed by atoms with E-state index in [9.17, 15) is 4.79 Å². The van der Waals surface area contributed by atoms with E-state index in [4.69, 9.17) is 16.3 Å². The third-order valence-electron chi connectivity index (χ3n) is 5.48. The van der Waals surface area contributed by atoms with Crippen molar-refractivity contribution in [2.24, 2.45) is 5.92 Å². The van der Waals surface area contributed by atoms with Crippen molar-refractivity contribution in [3.05, 3.63) is 41.6 Å². The number of likely N-dealkylation sites (tertiary alicyclic amines) is 1. The number of urea groups is 1. The Balaban J connectivity index is 1.31. The monoisotopic (exact) mass is 403 g/mol. The standard InChI is InChI=1S/C20H26ClN5O2/c21-17-3-1-2-4-18(17)23-20(27)24-19-5-9-22-26(19)16-6-10-25(11-7-16)13-15-8-12-28-14-15/h1-5,9,15-16H,6-8,10-14H2,(H2,23,24,27). The topological polar surface area (TPSA) is 71.4 Å². The maximum Gasteiger partial charge on any atom is 0.324 e. The number of nitrogens with zero attached hydrogens (tertiary/aromatic N) is 3. The van der Waals surface area contributed by atoms with Gasteiger partial charge in [-0.3, -0.25) is 5.32 Å². The zero-order chi connectivity index (χ0) is 19.3. The van der Waals surface area contributed by atoms with Crippen molar-refractivity contribution < 1.29 is 9.53 Å². The zero-order valence-corrected chi connectivity index (χ0v) is 16.6. The molecule has 1 unspecified atom stereocenters. The Hall–Kier alpha value is -2.09. The van der Waals surface area contributed by atoms with Gasteiger partial charge in [0.05, 0.1) is 29.6 Å². The molecule has 0 bridgehead atoms. The largest absolute Gasteiger partial charge is 0.381 e. The van der Waals surface area contributed by atoms with E-state index in [2.05, 4.69) is 20.6 Å². The molecular formula is C20H26ClN5O2. The molecule has 2 amide bonds. The van der Waals surface area contributed by atoms with Crippen LogP contribution in [0.5, 0.6) is 0 Å². The molecule has 0 saturated carbocycles. The van der Waals surface area contributed by atoms with Crippen LogP contribution in [0, 0.1) is 5.92 Å². The van der Waals surface area contributed by atoms with Gasteiger partial charge in [-0.2, -0.15) is 5.10 Å². The summed E-state index contributed by atoms with van der Waals surface area (Å²) in [5.74, 6) is 1.37. The SMILES string of the molecule is O=C(Nc1ccccc1Cl)Nc1ccnn1C1CCN(CC2CCOC2)CC1. The fourth-order valence-corrected chi connectivity index (χ4v) is 4.16. The van der Waals surface area contributed by atoms with E-state index in [1.807, 2.05) is 22.9 Å². The van der Waals surface area contributed by atoms with E-state index < -0.39 is 0 Å². The van der Waals surface area contributed by atoms with Crippen molar-refractivity contribution in [3.8, 4) is 0 Å². The summed E-state index contributed by atoms with van der Waals surface area (Å²) in [5, 5.41) is 10.6. The zero-order valence-electron chi connectivity index (χ0n) is 15.8. The van der Waals surface area contributed by atoms with Gasteiger partial charge in [0.15, 0.2) is 0 Å². The van der Waals surface area contributed by atoms with Crippen LogP contribution in [0.3, 0.4) is 0 Å². The van der Waals surface area contributed by atoms with Crippen molar-refractivity contribution in [1.29, 1.82) is 0 Å². The molecule has 4 rings (SSSR count). The van der Waals surface area contributed by atoms with E-state index >= 15 is 0 Å². The van der Waals surface area contributed by atoms with Crippen molar-refractivity contribution >= 4 is 29.1 Å². The molecule has 0 aliphatic carbocycles. The number of aromatic nitrogens is 2. The summed E-state index contributed by atoms with van der Waals surface area (Å²) in [4.78, 5) is 14.9. The summed E-state index contributed by atoms with van der Waals surface area (Å²) < 4.78 is 7.42. The minimum atomic E-state index is -0.325. The van der Waals surface area contributed by atoms with Crippen LogP contribution in [0.1, 0.15) is 25.3 Å². The summed E-state index contributed by atoms with van der Waals surface area (Å²) in [6, 6.07) is 8.96. The molecule has 2 aliphatic rings. The highest BCUT2D eigenvalue weighted by Gasteiger charge is 2.26. The number of carbonyl (C=O) groups is 1. The lowest BCUT2D eigenvalue weighted by Crippen LogP contribution is -2.38. The number of para-hydroxylation sites is 1. The van der Waals surface area contributed by atoms with Crippen LogP contribution in [0.2, 0.25) is 5.02 Å². The fourth-order valence-electron chi connectivity index (χ4n) is 3.98. The molecule has 8 heteroatoms. The summed E-state index contributed by atoms with van der Waals surface area (Å²) in [6.07, 6.45) is 4.95. The number of nitrogens with one attached hydrogen (secondary N) is 2. The minimum absolute atomic E-state index is 0.293. The second-order valence-corrected chi connectivity index (χ2v) is 7.89. The summed E-state index contributed by atoms with van der Waals surface area (Å²) >= 11 is 6.11. The van der Waals surface area contributed by atoms with E-state index in [0.29, 0.717) is 28.5 Å². The maximum atomic E-state index is 12.4. The molecule has 3 heterocycles. The Bertz CT molecular complexity index is 797. The second kappa shape index (κ2) is 8.94. The summed E-state index contributed by atoms with van der Waals surface area (Å²) in [7, 11) is 0. The number of amides is 2.